The molecule has 1 aromatic heterocycles. The molecule has 14 heavy (non-hydrogen) atoms. The molecule has 0 radical (unpaired) electrons. The van der Waals surface area contributed by atoms with Crippen molar-refractivity contribution in [2.45, 2.75) is 19.4 Å². The average Bonchev–Trinajstić information content (AvgIpc) is 2.75. The molecule has 4 nitrogen and oxygen atoms in total. The van der Waals surface area contributed by atoms with Crippen LogP contribution < -0.4 is 0 Å². The summed E-state index contributed by atoms with van der Waals surface area (Å²) in [6.45, 7) is 2.21. The largest absolute Gasteiger partial charge is 0.341 e. The first kappa shape index (κ1) is 9.95. The highest BCUT2D eigenvalue weighted by Crippen LogP contribution is 2.08. The number of likely N-dealkylation sites (tertiary alicyclic amines) is 1. The second-order valence-corrected chi connectivity index (χ2v) is 4.69. The smallest absolute Gasteiger partial charge is 0.244 e. The zero-order valence-electron chi connectivity index (χ0n) is 7.82. The number of amides is 1. The number of nitrogens with zero attached hydrogens (tertiary/aromatic N) is 3. The standard InChI is InChI=1S/C9H12IN3O/c10-8-5-11-13(6-8)7-9(14)12-3-1-2-4-12/h5-6H,1-4,7H2. The van der Waals surface area contributed by atoms with Gasteiger partial charge >= 0.3 is 0 Å². The fourth-order valence-corrected chi connectivity index (χ4v) is 2.08. The Balaban J connectivity index is 1.93. The Labute approximate surface area is 96.4 Å². The molecule has 0 aromatic carbocycles. The van der Waals surface area contributed by atoms with Crippen molar-refractivity contribution in [2.75, 3.05) is 13.1 Å². The highest BCUT2D eigenvalue weighted by molar-refractivity contribution is 14.1. The van der Waals surface area contributed by atoms with E-state index in [1.54, 1.807) is 10.9 Å². The van der Waals surface area contributed by atoms with Gasteiger partial charge in [0.05, 0.1) is 9.77 Å². The summed E-state index contributed by atoms with van der Waals surface area (Å²) in [5, 5.41) is 4.09. The predicted octanol–water partition coefficient (Wildman–Crippen LogP) is 1.11. The minimum atomic E-state index is 0.182. The summed E-state index contributed by atoms with van der Waals surface area (Å²) >= 11 is 2.19. The first-order chi connectivity index (χ1) is 6.75. The van der Waals surface area contributed by atoms with E-state index in [0.717, 1.165) is 29.5 Å². The van der Waals surface area contributed by atoms with Crippen LogP contribution in [0.1, 0.15) is 12.8 Å². The molecular formula is C9H12IN3O. The Bertz CT molecular complexity index is 331. The number of rotatable bonds is 2. The van der Waals surface area contributed by atoms with Crippen molar-refractivity contribution in [3.8, 4) is 0 Å². The number of halogens is 1. The van der Waals surface area contributed by atoms with E-state index in [1.807, 2.05) is 11.1 Å². The molecule has 0 aliphatic carbocycles. The Kier molecular flexibility index (Phi) is 3.05. The van der Waals surface area contributed by atoms with Crippen molar-refractivity contribution in [1.82, 2.24) is 14.7 Å². The van der Waals surface area contributed by atoms with Gasteiger partial charge in [-0.15, -0.1) is 0 Å². The van der Waals surface area contributed by atoms with Crippen molar-refractivity contribution < 1.29 is 4.79 Å². The molecule has 2 rings (SSSR count). The summed E-state index contributed by atoms with van der Waals surface area (Å²) in [5.41, 5.74) is 0. The van der Waals surface area contributed by atoms with Gasteiger partial charge in [0.1, 0.15) is 6.54 Å². The lowest BCUT2D eigenvalue weighted by Crippen LogP contribution is -2.31. The van der Waals surface area contributed by atoms with E-state index in [2.05, 4.69) is 27.7 Å². The van der Waals surface area contributed by atoms with Gasteiger partial charge in [0.2, 0.25) is 5.91 Å². The Morgan fingerprint density at radius 2 is 2.21 bits per heavy atom. The van der Waals surface area contributed by atoms with Gasteiger partial charge in [-0.3, -0.25) is 9.48 Å². The zero-order chi connectivity index (χ0) is 9.97. The van der Waals surface area contributed by atoms with E-state index in [9.17, 15) is 4.79 Å². The van der Waals surface area contributed by atoms with E-state index in [4.69, 9.17) is 0 Å². The van der Waals surface area contributed by atoms with E-state index in [0.29, 0.717) is 6.54 Å². The molecule has 1 aromatic rings. The minimum Gasteiger partial charge on any atom is -0.341 e. The molecule has 2 heterocycles. The highest BCUT2D eigenvalue weighted by Gasteiger charge is 2.17. The quantitative estimate of drug-likeness (QED) is 0.768. The first-order valence-corrected chi connectivity index (χ1v) is 5.79. The van der Waals surface area contributed by atoms with E-state index in [-0.39, 0.29) is 5.91 Å². The van der Waals surface area contributed by atoms with Gasteiger partial charge in [-0.25, -0.2) is 0 Å². The summed E-state index contributed by atoms with van der Waals surface area (Å²) < 4.78 is 2.76. The monoisotopic (exact) mass is 305 g/mol. The van der Waals surface area contributed by atoms with Gasteiger partial charge in [-0.05, 0) is 35.4 Å². The molecule has 0 spiro atoms. The number of carbonyl (C=O) groups excluding carboxylic acids is 1. The van der Waals surface area contributed by atoms with Crippen molar-refractivity contribution in [2.24, 2.45) is 0 Å². The maximum atomic E-state index is 11.7. The Morgan fingerprint density at radius 3 is 2.79 bits per heavy atom. The first-order valence-electron chi connectivity index (χ1n) is 4.71. The molecule has 0 atom stereocenters. The predicted molar refractivity (Wildman–Crippen MR) is 60.8 cm³/mol. The molecule has 0 N–H and O–H groups in total. The number of aromatic nitrogens is 2. The SMILES string of the molecule is O=C(Cn1cc(I)cn1)N1CCCC1. The van der Waals surface area contributed by atoms with Crippen LogP contribution in [0.4, 0.5) is 0 Å². The lowest BCUT2D eigenvalue weighted by Gasteiger charge is -2.14. The molecule has 1 saturated heterocycles. The van der Waals surface area contributed by atoms with Crippen LogP contribution in [0.2, 0.25) is 0 Å². The van der Waals surface area contributed by atoms with Gasteiger partial charge in [-0.1, -0.05) is 0 Å². The third kappa shape index (κ3) is 2.26. The summed E-state index contributed by atoms with van der Waals surface area (Å²) in [5.74, 6) is 0.182. The summed E-state index contributed by atoms with van der Waals surface area (Å²) in [6, 6.07) is 0. The van der Waals surface area contributed by atoms with Crippen molar-refractivity contribution in [3.05, 3.63) is 16.0 Å². The second kappa shape index (κ2) is 4.29. The molecule has 1 aliphatic rings. The molecule has 5 heteroatoms. The van der Waals surface area contributed by atoms with Crippen LogP contribution in [0.25, 0.3) is 0 Å². The number of carbonyl (C=O) groups is 1. The van der Waals surface area contributed by atoms with E-state index < -0.39 is 0 Å². The zero-order valence-corrected chi connectivity index (χ0v) is 9.98. The fraction of sp³-hybridized carbons (Fsp3) is 0.556. The summed E-state index contributed by atoms with van der Waals surface area (Å²) in [6.07, 6.45) is 5.93. The minimum absolute atomic E-state index is 0.182. The molecule has 0 bridgehead atoms. The third-order valence-corrected chi connectivity index (χ3v) is 2.91. The van der Waals surface area contributed by atoms with Gasteiger partial charge in [0.15, 0.2) is 0 Å². The van der Waals surface area contributed by atoms with Crippen molar-refractivity contribution >= 4 is 28.5 Å². The van der Waals surface area contributed by atoms with Gasteiger partial charge in [0, 0.05) is 19.3 Å². The number of hydrogen-bond acceptors (Lipinski definition) is 2. The maximum absolute atomic E-state index is 11.7. The molecule has 0 saturated carbocycles. The fourth-order valence-electron chi connectivity index (χ4n) is 1.63. The normalized spacial score (nSPS) is 16.2. The van der Waals surface area contributed by atoms with Gasteiger partial charge in [-0.2, -0.15) is 5.10 Å². The van der Waals surface area contributed by atoms with Crippen molar-refractivity contribution in [1.29, 1.82) is 0 Å². The second-order valence-electron chi connectivity index (χ2n) is 3.44. The Hall–Kier alpha value is -0.590. The van der Waals surface area contributed by atoms with Crippen LogP contribution in [0.5, 0.6) is 0 Å². The number of hydrogen-bond donors (Lipinski definition) is 0. The van der Waals surface area contributed by atoms with Crippen LogP contribution in [0.15, 0.2) is 12.4 Å². The Morgan fingerprint density at radius 1 is 1.50 bits per heavy atom. The van der Waals surface area contributed by atoms with Crippen LogP contribution >= 0.6 is 22.6 Å². The highest BCUT2D eigenvalue weighted by atomic mass is 127. The average molecular weight is 305 g/mol. The molecule has 1 aliphatic heterocycles. The van der Waals surface area contributed by atoms with E-state index >= 15 is 0 Å². The summed E-state index contributed by atoms with van der Waals surface area (Å²) in [4.78, 5) is 13.6. The van der Waals surface area contributed by atoms with Crippen LogP contribution in [0, 0.1) is 3.57 Å². The topological polar surface area (TPSA) is 38.1 Å². The lowest BCUT2D eigenvalue weighted by atomic mass is 10.4. The third-order valence-electron chi connectivity index (χ3n) is 2.36. The molecule has 1 amide bonds. The van der Waals surface area contributed by atoms with Crippen LogP contribution in [0.3, 0.4) is 0 Å². The summed E-state index contributed by atoms with van der Waals surface area (Å²) in [7, 11) is 0. The molecule has 76 valence electrons. The lowest BCUT2D eigenvalue weighted by molar-refractivity contribution is -0.130. The van der Waals surface area contributed by atoms with Crippen LogP contribution in [-0.2, 0) is 11.3 Å². The molecule has 0 unspecified atom stereocenters. The van der Waals surface area contributed by atoms with Gasteiger partial charge in [0.25, 0.3) is 0 Å². The maximum Gasteiger partial charge on any atom is 0.244 e. The molecule has 1 fully saturated rings. The van der Waals surface area contributed by atoms with Gasteiger partial charge < -0.3 is 4.90 Å². The van der Waals surface area contributed by atoms with Crippen molar-refractivity contribution in [3.63, 3.8) is 0 Å². The molecular weight excluding hydrogens is 293 g/mol. The van der Waals surface area contributed by atoms with E-state index in [1.165, 1.54) is 0 Å². The van der Waals surface area contributed by atoms with Crippen LogP contribution in [-0.4, -0.2) is 33.7 Å².